The third-order valence-corrected chi connectivity index (χ3v) is 5.25. The van der Waals surface area contributed by atoms with E-state index < -0.39 is 6.04 Å². The highest BCUT2D eigenvalue weighted by molar-refractivity contribution is 6.35. The fourth-order valence-corrected chi connectivity index (χ4v) is 3.67. The molecule has 8 nitrogen and oxygen atoms in total. The highest BCUT2D eigenvalue weighted by atomic mass is 35.5. The van der Waals surface area contributed by atoms with Crippen LogP contribution in [0.5, 0.6) is 0 Å². The minimum Gasteiger partial charge on any atom is -0.399 e. The van der Waals surface area contributed by atoms with Crippen LogP contribution in [0.15, 0.2) is 53.5 Å². The van der Waals surface area contributed by atoms with Crippen molar-refractivity contribution in [3.05, 3.63) is 75.0 Å². The molecule has 0 spiro atoms. The number of nitrogens with one attached hydrogen (secondary N) is 2. The second-order valence-corrected chi connectivity index (χ2v) is 7.40. The summed E-state index contributed by atoms with van der Waals surface area (Å²) >= 11 is 6.36. The normalized spacial score (nSPS) is 11.8. The fourth-order valence-electron chi connectivity index (χ4n) is 3.45. The first-order valence-electron chi connectivity index (χ1n) is 9.38. The topological polar surface area (TPSA) is 146 Å². The molecule has 1 unspecified atom stereocenters. The Bertz CT molecular complexity index is 1390. The zero-order chi connectivity index (χ0) is 22.1. The molecule has 1 atom stereocenters. The molecule has 0 radical (unpaired) electrons. The maximum absolute atomic E-state index is 13.5. The van der Waals surface area contributed by atoms with E-state index in [2.05, 4.69) is 20.3 Å². The number of fused-ring (bicyclic) bond motifs is 1. The van der Waals surface area contributed by atoms with E-state index >= 15 is 0 Å². The number of rotatable bonds is 4. The number of halogens is 1. The smallest absolute Gasteiger partial charge is 0.222 e. The summed E-state index contributed by atoms with van der Waals surface area (Å²) in [5.74, 6) is 0.267. The number of nitrogens with zero attached hydrogens (tertiary/aromatic N) is 3. The Hall–Kier alpha value is -4.09. The van der Waals surface area contributed by atoms with Gasteiger partial charge in [-0.1, -0.05) is 29.8 Å². The monoisotopic (exact) mass is 431 g/mol. The Kier molecular flexibility index (Phi) is 5.19. The van der Waals surface area contributed by atoms with Crippen LogP contribution in [0.2, 0.25) is 5.02 Å². The summed E-state index contributed by atoms with van der Waals surface area (Å²) in [6, 6.07) is 13.8. The SMILES string of the molecule is CC(Nc1nc(N)ncc1C#N)c1c(-c2ccc(N)cc2)[nH]c2c(Cl)cccc2c1=O. The molecule has 2 aromatic heterocycles. The van der Waals surface area contributed by atoms with Crippen LogP contribution < -0.4 is 22.2 Å². The van der Waals surface area contributed by atoms with Gasteiger partial charge in [0.05, 0.1) is 28.5 Å². The van der Waals surface area contributed by atoms with Crippen LogP contribution >= 0.6 is 11.6 Å². The number of nitrogen functional groups attached to an aromatic ring is 2. The second-order valence-electron chi connectivity index (χ2n) is 7.00. The predicted octanol–water partition coefficient (Wildman–Crippen LogP) is 3.85. The van der Waals surface area contributed by atoms with Crippen molar-refractivity contribution in [3.8, 4) is 17.3 Å². The van der Waals surface area contributed by atoms with E-state index in [0.29, 0.717) is 32.9 Å². The zero-order valence-corrected chi connectivity index (χ0v) is 17.2. The lowest BCUT2D eigenvalue weighted by molar-refractivity contribution is 0.862. The van der Waals surface area contributed by atoms with Gasteiger partial charge in [0.1, 0.15) is 17.5 Å². The molecular weight excluding hydrogens is 414 g/mol. The van der Waals surface area contributed by atoms with Crippen molar-refractivity contribution in [2.24, 2.45) is 0 Å². The zero-order valence-electron chi connectivity index (χ0n) is 16.5. The van der Waals surface area contributed by atoms with Crippen LogP contribution in [-0.2, 0) is 0 Å². The van der Waals surface area contributed by atoms with Gasteiger partial charge in [-0.15, -0.1) is 0 Å². The molecule has 0 amide bonds. The van der Waals surface area contributed by atoms with Crippen LogP contribution in [0.4, 0.5) is 17.5 Å². The molecule has 0 aliphatic carbocycles. The van der Waals surface area contributed by atoms with E-state index in [0.717, 1.165) is 5.56 Å². The summed E-state index contributed by atoms with van der Waals surface area (Å²) < 4.78 is 0. The Labute approximate surface area is 182 Å². The molecule has 0 aliphatic rings. The van der Waals surface area contributed by atoms with Gasteiger partial charge in [-0.25, -0.2) is 4.98 Å². The van der Waals surface area contributed by atoms with Crippen molar-refractivity contribution < 1.29 is 0 Å². The van der Waals surface area contributed by atoms with Crippen LogP contribution in [-0.4, -0.2) is 15.0 Å². The maximum Gasteiger partial charge on any atom is 0.222 e. The first-order chi connectivity index (χ1) is 14.9. The second kappa shape index (κ2) is 7.97. The molecule has 9 heteroatoms. The molecule has 0 aliphatic heterocycles. The van der Waals surface area contributed by atoms with E-state index in [1.54, 1.807) is 37.3 Å². The lowest BCUT2D eigenvalue weighted by atomic mass is 9.97. The number of aromatic nitrogens is 3. The molecule has 31 heavy (non-hydrogen) atoms. The minimum absolute atomic E-state index is 0.0201. The summed E-state index contributed by atoms with van der Waals surface area (Å²) in [4.78, 5) is 24.8. The molecule has 2 aromatic carbocycles. The van der Waals surface area contributed by atoms with E-state index in [9.17, 15) is 10.1 Å². The Morgan fingerprint density at radius 1 is 1.19 bits per heavy atom. The van der Waals surface area contributed by atoms with Gasteiger partial charge in [-0.2, -0.15) is 10.2 Å². The van der Waals surface area contributed by atoms with Crippen LogP contribution in [0.25, 0.3) is 22.2 Å². The van der Waals surface area contributed by atoms with Crippen LogP contribution in [0.1, 0.15) is 24.1 Å². The summed E-state index contributed by atoms with van der Waals surface area (Å²) in [5, 5.41) is 13.4. The minimum atomic E-state index is -0.527. The predicted molar refractivity (Wildman–Crippen MR) is 123 cm³/mol. The molecule has 0 bridgehead atoms. The molecule has 0 fully saturated rings. The number of hydrogen-bond acceptors (Lipinski definition) is 7. The summed E-state index contributed by atoms with van der Waals surface area (Å²) in [6.45, 7) is 1.81. The third kappa shape index (κ3) is 3.74. The number of aromatic amines is 1. The molecule has 4 rings (SSSR count). The highest BCUT2D eigenvalue weighted by Gasteiger charge is 2.21. The first-order valence-corrected chi connectivity index (χ1v) is 9.76. The van der Waals surface area contributed by atoms with Gasteiger partial charge in [0.2, 0.25) is 5.95 Å². The van der Waals surface area contributed by atoms with E-state index in [1.165, 1.54) is 6.20 Å². The summed E-state index contributed by atoms with van der Waals surface area (Å²) in [6.07, 6.45) is 1.34. The lowest BCUT2D eigenvalue weighted by Crippen LogP contribution is -2.21. The Morgan fingerprint density at radius 2 is 1.94 bits per heavy atom. The number of hydrogen-bond donors (Lipinski definition) is 4. The number of nitrogens with two attached hydrogens (primary N) is 2. The van der Waals surface area contributed by atoms with Gasteiger partial charge in [0, 0.05) is 16.6 Å². The number of anilines is 3. The van der Waals surface area contributed by atoms with E-state index in [4.69, 9.17) is 23.1 Å². The molecule has 4 aromatic rings. The average molecular weight is 432 g/mol. The molecular formula is C22H18ClN7O. The molecule has 2 heterocycles. The summed E-state index contributed by atoms with van der Waals surface area (Å²) in [5.41, 5.74) is 14.5. The van der Waals surface area contributed by atoms with E-state index in [1.807, 2.05) is 18.2 Å². The molecule has 0 saturated carbocycles. The molecule has 0 saturated heterocycles. The van der Waals surface area contributed by atoms with Gasteiger partial charge >= 0.3 is 0 Å². The van der Waals surface area contributed by atoms with Gasteiger partial charge in [-0.3, -0.25) is 4.79 Å². The average Bonchev–Trinajstić information content (AvgIpc) is 2.75. The fraction of sp³-hybridized carbons (Fsp3) is 0.0909. The number of benzene rings is 2. The van der Waals surface area contributed by atoms with Crippen LogP contribution in [0.3, 0.4) is 0 Å². The number of nitriles is 1. The van der Waals surface area contributed by atoms with Gasteiger partial charge in [0.15, 0.2) is 5.43 Å². The third-order valence-electron chi connectivity index (χ3n) is 4.94. The Balaban J connectivity index is 1.94. The van der Waals surface area contributed by atoms with Gasteiger partial charge < -0.3 is 21.8 Å². The quantitative estimate of drug-likeness (QED) is 0.359. The summed E-state index contributed by atoms with van der Waals surface area (Å²) in [7, 11) is 0. The Morgan fingerprint density at radius 3 is 2.65 bits per heavy atom. The van der Waals surface area contributed by atoms with Crippen molar-refractivity contribution in [1.82, 2.24) is 15.0 Å². The first kappa shape index (κ1) is 20.2. The lowest BCUT2D eigenvalue weighted by Gasteiger charge is -2.20. The maximum atomic E-state index is 13.5. The number of para-hydroxylation sites is 1. The molecule has 154 valence electrons. The van der Waals surface area contributed by atoms with Gasteiger partial charge in [0.25, 0.3) is 0 Å². The molecule has 6 N–H and O–H groups in total. The van der Waals surface area contributed by atoms with Crippen molar-refractivity contribution in [3.63, 3.8) is 0 Å². The number of H-pyrrole nitrogens is 1. The van der Waals surface area contributed by atoms with Crippen molar-refractivity contribution in [1.29, 1.82) is 5.26 Å². The van der Waals surface area contributed by atoms with Gasteiger partial charge in [-0.05, 0) is 36.8 Å². The largest absolute Gasteiger partial charge is 0.399 e. The highest BCUT2D eigenvalue weighted by Crippen LogP contribution is 2.31. The van der Waals surface area contributed by atoms with Crippen molar-refractivity contribution in [2.75, 3.05) is 16.8 Å². The standard InChI is InChI=1S/C22H18ClN7O/c1-11(28-21-13(9-24)10-27-22(26)30-21)17-18(12-5-7-14(25)8-6-12)29-19-15(20(17)31)3-2-4-16(19)23/h2-8,10-11H,25H2,1H3,(H,29,31)(H3,26,27,28,30). The van der Waals surface area contributed by atoms with E-state index in [-0.39, 0.29) is 22.8 Å². The number of pyridine rings is 1. The van der Waals surface area contributed by atoms with Crippen molar-refractivity contribution >= 4 is 40.0 Å². The van der Waals surface area contributed by atoms with Crippen LogP contribution in [0, 0.1) is 11.3 Å². The van der Waals surface area contributed by atoms with Crippen molar-refractivity contribution in [2.45, 2.75) is 13.0 Å².